The number of aldehydes is 1. The van der Waals surface area contributed by atoms with Crippen LogP contribution in [0, 0.1) is 0 Å². The first-order valence-electron chi connectivity index (χ1n) is 5.08. The predicted molar refractivity (Wildman–Crippen MR) is 68.2 cm³/mol. The molecule has 1 aromatic heterocycles. The zero-order valence-corrected chi connectivity index (χ0v) is 10.8. The Balaban J connectivity index is 1.98. The summed E-state index contributed by atoms with van der Waals surface area (Å²) in [6.45, 7) is 0.00729. The molecule has 92 valence electrons. The number of nitrogens with zero attached hydrogens (tertiary/aromatic N) is 3. The van der Waals surface area contributed by atoms with Crippen LogP contribution in [-0.2, 0) is 11.3 Å². The van der Waals surface area contributed by atoms with E-state index in [-0.39, 0.29) is 18.1 Å². The van der Waals surface area contributed by atoms with Gasteiger partial charge in [-0.2, -0.15) is 0 Å². The van der Waals surface area contributed by atoms with Gasteiger partial charge in [-0.3, -0.25) is 9.59 Å². The molecule has 1 heterocycles. The van der Waals surface area contributed by atoms with Crippen molar-refractivity contribution in [1.82, 2.24) is 15.0 Å². The van der Waals surface area contributed by atoms with Crippen molar-refractivity contribution < 1.29 is 9.59 Å². The Morgan fingerprint density at radius 1 is 1.50 bits per heavy atom. The first kappa shape index (κ1) is 12.4. The lowest BCUT2D eigenvalue weighted by Crippen LogP contribution is -2.19. The molecule has 6 nitrogen and oxygen atoms in total. The normalized spacial score (nSPS) is 10.1. The molecule has 0 aliphatic rings. The van der Waals surface area contributed by atoms with Gasteiger partial charge in [0.2, 0.25) is 5.91 Å². The number of hydrogen-bond acceptors (Lipinski definition) is 4. The molecule has 0 aliphatic carbocycles. The first-order chi connectivity index (χ1) is 8.67. The van der Waals surface area contributed by atoms with Gasteiger partial charge in [0, 0.05) is 10.2 Å². The number of halogens is 1. The van der Waals surface area contributed by atoms with E-state index in [4.69, 9.17) is 0 Å². The fraction of sp³-hybridized carbons (Fsp3) is 0.0909. The van der Waals surface area contributed by atoms with Gasteiger partial charge >= 0.3 is 0 Å². The highest BCUT2D eigenvalue weighted by Crippen LogP contribution is 2.15. The summed E-state index contributed by atoms with van der Waals surface area (Å²) in [4.78, 5) is 22.1. The summed E-state index contributed by atoms with van der Waals surface area (Å²) in [6.07, 6.45) is 1.99. The molecule has 2 aromatic rings. The number of benzene rings is 1. The number of anilines is 1. The molecule has 1 amide bonds. The number of rotatable bonds is 4. The lowest BCUT2D eigenvalue weighted by atomic mass is 10.3. The molecule has 0 spiro atoms. The molecule has 0 unspecified atom stereocenters. The summed E-state index contributed by atoms with van der Waals surface area (Å²) in [6, 6.07) is 7.25. The molecule has 0 saturated heterocycles. The van der Waals surface area contributed by atoms with Crippen molar-refractivity contribution in [3.63, 3.8) is 0 Å². The Bertz CT molecular complexity index is 582. The smallest absolute Gasteiger partial charge is 0.246 e. The Labute approximate surface area is 111 Å². The van der Waals surface area contributed by atoms with E-state index < -0.39 is 0 Å². The van der Waals surface area contributed by atoms with Gasteiger partial charge in [-0.1, -0.05) is 27.2 Å². The van der Waals surface area contributed by atoms with Crippen LogP contribution in [0.4, 0.5) is 5.69 Å². The van der Waals surface area contributed by atoms with Gasteiger partial charge in [-0.25, -0.2) is 4.68 Å². The maximum atomic E-state index is 11.7. The third kappa shape index (κ3) is 3.24. The summed E-state index contributed by atoms with van der Waals surface area (Å²) >= 11 is 3.31. The number of nitrogens with one attached hydrogen (secondary N) is 1. The molecule has 0 radical (unpaired) electrons. The van der Waals surface area contributed by atoms with E-state index in [1.165, 1.54) is 10.9 Å². The minimum atomic E-state index is -0.240. The molecule has 7 heteroatoms. The molecule has 1 N–H and O–H groups in total. The molecule has 18 heavy (non-hydrogen) atoms. The number of aromatic nitrogens is 3. The topological polar surface area (TPSA) is 76.9 Å². The molecular formula is C11H9BrN4O2. The van der Waals surface area contributed by atoms with Crippen molar-refractivity contribution in [2.75, 3.05) is 5.32 Å². The summed E-state index contributed by atoms with van der Waals surface area (Å²) in [5.74, 6) is -0.240. The van der Waals surface area contributed by atoms with Crippen LogP contribution in [0.3, 0.4) is 0 Å². The summed E-state index contributed by atoms with van der Waals surface area (Å²) in [5, 5.41) is 9.93. The molecule has 0 fully saturated rings. The largest absolute Gasteiger partial charge is 0.324 e. The number of carbonyl (C=O) groups excluding carboxylic acids is 2. The van der Waals surface area contributed by atoms with Gasteiger partial charge in [-0.15, -0.1) is 5.10 Å². The molecule has 0 bridgehead atoms. The van der Waals surface area contributed by atoms with Crippen LogP contribution in [-0.4, -0.2) is 27.2 Å². The van der Waals surface area contributed by atoms with Gasteiger partial charge in [-0.05, 0) is 18.2 Å². The highest BCUT2D eigenvalue weighted by atomic mass is 79.9. The number of hydrogen-bond donors (Lipinski definition) is 1. The molecule has 0 atom stereocenters. The SMILES string of the molecule is O=Cc1cn(CC(=O)Nc2cccc(Br)c2)nn1. The molecule has 2 rings (SSSR count). The Hall–Kier alpha value is -2.02. The first-order valence-corrected chi connectivity index (χ1v) is 5.87. The maximum absolute atomic E-state index is 11.7. The van der Waals surface area contributed by atoms with Crippen molar-refractivity contribution in [2.24, 2.45) is 0 Å². The van der Waals surface area contributed by atoms with E-state index in [1.54, 1.807) is 12.1 Å². The van der Waals surface area contributed by atoms with Crippen LogP contribution in [0.25, 0.3) is 0 Å². The highest BCUT2D eigenvalue weighted by Gasteiger charge is 2.06. The van der Waals surface area contributed by atoms with Crippen LogP contribution in [0.15, 0.2) is 34.9 Å². The van der Waals surface area contributed by atoms with Crippen molar-refractivity contribution in [3.8, 4) is 0 Å². The second-order valence-corrected chi connectivity index (χ2v) is 4.43. The fourth-order valence-corrected chi connectivity index (χ4v) is 1.76. The van der Waals surface area contributed by atoms with Crippen molar-refractivity contribution in [1.29, 1.82) is 0 Å². The highest BCUT2D eigenvalue weighted by molar-refractivity contribution is 9.10. The standard InChI is InChI=1S/C11H9BrN4O2/c12-8-2-1-3-9(4-8)13-11(18)6-16-5-10(7-17)14-15-16/h1-5,7H,6H2,(H,13,18). The average molecular weight is 309 g/mol. The molecular weight excluding hydrogens is 300 g/mol. The minimum absolute atomic E-state index is 0.00729. The maximum Gasteiger partial charge on any atom is 0.246 e. The quantitative estimate of drug-likeness (QED) is 0.868. The Morgan fingerprint density at radius 2 is 2.33 bits per heavy atom. The van der Waals surface area contributed by atoms with Crippen LogP contribution < -0.4 is 5.32 Å². The van der Waals surface area contributed by atoms with Crippen molar-refractivity contribution in [2.45, 2.75) is 6.54 Å². The lowest BCUT2D eigenvalue weighted by molar-refractivity contribution is -0.116. The van der Waals surface area contributed by atoms with E-state index >= 15 is 0 Å². The van der Waals surface area contributed by atoms with E-state index in [1.807, 2.05) is 12.1 Å². The second kappa shape index (κ2) is 5.54. The third-order valence-corrected chi connectivity index (χ3v) is 2.58. The average Bonchev–Trinajstić information content (AvgIpc) is 2.76. The summed E-state index contributed by atoms with van der Waals surface area (Å²) < 4.78 is 2.18. The van der Waals surface area contributed by atoms with Crippen LogP contribution in [0.2, 0.25) is 0 Å². The molecule has 1 aromatic carbocycles. The van der Waals surface area contributed by atoms with Crippen LogP contribution in [0.1, 0.15) is 10.5 Å². The Morgan fingerprint density at radius 3 is 3.00 bits per heavy atom. The van der Waals surface area contributed by atoms with Crippen LogP contribution >= 0.6 is 15.9 Å². The van der Waals surface area contributed by atoms with E-state index in [9.17, 15) is 9.59 Å². The van der Waals surface area contributed by atoms with Gasteiger partial charge < -0.3 is 5.32 Å². The van der Waals surface area contributed by atoms with Gasteiger partial charge in [0.25, 0.3) is 0 Å². The van der Waals surface area contributed by atoms with E-state index in [0.717, 1.165) is 4.47 Å². The van der Waals surface area contributed by atoms with E-state index in [2.05, 4.69) is 31.6 Å². The predicted octanol–water partition coefficient (Wildman–Crippen LogP) is 1.49. The lowest BCUT2D eigenvalue weighted by Gasteiger charge is -2.04. The zero-order chi connectivity index (χ0) is 13.0. The number of carbonyl (C=O) groups is 2. The van der Waals surface area contributed by atoms with Crippen molar-refractivity contribution in [3.05, 3.63) is 40.6 Å². The van der Waals surface area contributed by atoms with Crippen LogP contribution in [0.5, 0.6) is 0 Å². The van der Waals surface area contributed by atoms with Gasteiger partial charge in [0.15, 0.2) is 6.29 Å². The molecule has 0 aliphatic heterocycles. The second-order valence-electron chi connectivity index (χ2n) is 3.52. The monoisotopic (exact) mass is 308 g/mol. The number of amides is 1. The fourth-order valence-electron chi connectivity index (χ4n) is 1.36. The minimum Gasteiger partial charge on any atom is -0.324 e. The van der Waals surface area contributed by atoms with Gasteiger partial charge in [0.05, 0.1) is 6.20 Å². The third-order valence-electron chi connectivity index (χ3n) is 2.09. The summed E-state index contributed by atoms with van der Waals surface area (Å²) in [5.41, 5.74) is 0.885. The zero-order valence-electron chi connectivity index (χ0n) is 9.21. The Kier molecular flexibility index (Phi) is 3.83. The molecule has 0 saturated carbocycles. The summed E-state index contributed by atoms with van der Waals surface area (Å²) in [7, 11) is 0. The van der Waals surface area contributed by atoms with Crippen molar-refractivity contribution >= 4 is 33.8 Å². The van der Waals surface area contributed by atoms with Gasteiger partial charge in [0.1, 0.15) is 12.2 Å². The van der Waals surface area contributed by atoms with E-state index in [0.29, 0.717) is 12.0 Å².